The number of hydrogen-bond donors (Lipinski definition) is 1. The largest absolute Gasteiger partial charge is 0.492 e. The Hall–Kier alpha value is -2.51. The van der Waals surface area contributed by atoms with Gasteiger partial charge in [0.2, 0.25) is 5.91 Å². The molecule has 0 saturated carbocycles. The first-order valence-electron chi connectivity index (χ1n) is 9.95. The Kier molecular flexibility index (Phi) is 8.95. The Bertz CT molecular complexity index is 926. The van der Waals surface area contributed by atoms with Crippen molar-refractivity contribution < 1.29 is 22.7 Å². The lowest BCUT2D eigenvalue weighted by Gasteiger charge is -2.18. The molecule has 2 aromatic rings. The number of anilines is 1. The molecule has 168 valence electrons. The van der Waals surface area contributed by atoms with E-state index >= 15 is 0 Å². The van der Waals surface area contributed by atoms with Gasteiger partial charge >= 0.3 is 6.18 Å². The second-order valence-electron chi connectivity index (χ2n) is 6.91. The predicted molar refractivity (Wildman–Crippen MR) is 119 cm³/mol. The molecular weight excluding hydrogens is 429 g/mol. The topological polar surface area (TPSA) is 41.6 Å². The van der Waals surface area contributed by atoms with Crippen LogP contribution in [0.25, 0.3) is 6.08 Å². The average molecular weight is 455 g/mol. The van der Waals surface area contributed by atoms with Gasteiger partial charge in [0.25, 0.3) is 0 Å². The highest BCUT2D eigenvalue weighted by Gasteiger charge is 2.30. The van der Waals surface area contributed by atoms with Crippen LogP contribution < -0.4 is 10.1 Å². The lowest BCUT2D eigenvalue weighted by molar-refractivity contribution is -0.137. The maximum atomic E-state index is 12.7. The molecule has 0 saturated heterocycles. The molecular formula is C23H26ClF3N2O2. The Balaban J connectivity index is 1.96. The zero-order valence-corrected chi connectivity index (χ0v) is 18.5. The highest BCUT2D eigenvalue weighted by Crippen LogP contribution is 2.32. The van der Waals surface area contributed by atoms with Crippen molar-refractivity contribution in [1.82, 2.24) is 4.90 Å². The molecule has 4 nitrogen and oxygen atoms in total. The van der Waals surface area contributed by atoms with Gasteiger partial charge < -0.3 is 15.0 Å². The number of ether oxygens (including phenoxy) is 1. The van der Waals surface area contributed by atoms with Crippen molar-refractivity contribution in [3.8, 4) is 5.75 Å². The van der Waals surface area contributed by atoms with E-state index in [1.54, 1.807) is 18.2 Å². The Labute approximate surface area is 185 Å². The summed E-state index contributed by atoms with van der Waals surface area (Å²) in [5.41, 5.74) is 0.945. The van der Waals surface area contributed by atoms with E-state index in [0.717, 1.165) is 43.1 Å². The first-order valence-corrected chi connectivity index (χ1v) is 10.3. The summed E-state index contributed by atoms with van der Waals surface area (Å²) in [5.74, 6) is 0.322. The van der Waals surface area contributed by atoms with Crippen molar-refractivity contribution in [2.75, 3.05) is 31.6 Å². The normalized spacial score (nSPS) is 11.9. The number of benzene rings is 2. The second-order valence-corrected chi connectivity index (χ2v) is 7.32. The molecule has 0 aromatic heterocycles. The number of aryl methyl sites for hydroxylation is 1. The zero-order chi connectivity index (χ0) is 23.0. The van der Waals surface area contributed by atoms with E-state index in [9.17, 15) is 18.0 Å². The predicted octanol–water partition coefficient (Wildman–Crippen LogP) is 6.04. The van der Waals surface area contributed by atoms with Crippen LogP contribution >= 0.6 is 11.6 Å². The lowest BCUT2D eigenvalue weighted by atomic mass is 10.1. The van der Waals surface area contributed by atoms with Crippen LogP contribution in [0.4, 0.5) is 18.9 Å². The average Bonchev–Trinajstić information content (AvgIpc) is 2.71. The van der Waals surface area contributed by atoms with Crippen molar-refractivity contribution in [3.63, 3.8) is 0 Å². The highest BCUT2D eigenvalue weighted by atomic mass is 35.5. The van der Waals surface area contributed by atoms with Crippen LogP contribution in [-0.4, -0.2) is 37.0 Å². The van der Waals surface area contributed by atoms with Gasteiger partial charge in [0, 0.05) is 23.3 Å². The van der Waals surface area contributed by atoms with Gasteiger partial charge in [-0.2, -0.15) is 13.2 Å². The van der Waals surface area contributed by atoms with Crippen molar-refractivity contribution in [2.24, 2.45) is 0 Å². The molecule has 1 amide bonds. The minimum Gasteiger partial charge on any atom is -0.492 e. The van der Waals surface area contributed by atoms with Crippen LogP contribution in [0.3, 0.4) is 0 Å². The van der Waals surface area contributed by atoms with Gasteiger partial charge in [-0.25, -0.2) is 0 Å². The van der Waals surface area contributed by atoms with E-state index in [2.05, 4.69) is 24.1 Å². The third kappa shape index (κ3) is 7.60. The number of nitrogens with one attached hydrogen (secondary N) is 1. The van der Waals surface area contributed by atoms with Crippen LogP contribution in [0, 0.1) is 6.92 Å². The molecule has 8 heteroatoms. The first-order chi connectivity index (χ1) is 14.6. The van der Waals surface area contributed by atoms with Crippen LogP contribution in [0.1, 0.15) is 30.5 Å². The summed E-state index contributed by atoms with van der Waals surface area (Å²) in [4.78, 5) is 14.4. The highest BCUT2D eigenvalue weighted by molar-refractivity contribution is 6.32. The maximum absolute atomic E-state index is 12.7. The minimum absolute atomic E-state index is 0.0825. The van der Waals surface area contributed by atoms with Crippen LogP contribution in [0.15, 0.2) is 42.5 Å². The summed E-state index contributed by atoms with van der Waals surface area (Å²) in [5, 5.41) is 2.63. The SMILES string of the molecule is CCN(CC)CCOc1ccc(NC(=O)C=Cc2ccc(C(F)(F)F)cc2Cl)cc1C. The van der Waals surface area contributed by atoms with E-state index < -0.39 is 17.6 Å². The van der Waals surface area contributed by atoms with Gasteiger partial charge in [0.1, 0.15) is 12.4 Å². The van der Waals surface area contributed by atoms with Crippen molar-refractivity contribution in [2.45, 2.75) is 26.9 Å². The second kappa shape index (κ2) is 11.2. The lowest BCUT2D eigenvalue weighted by Crippen LogP contribution is -2.28. The number of carbonyl (C=O) groups is 1. The Morgan fingerprint density at radius 2 is 1.87 bits per heavy atom. The fourth-order valence-electron chi connectivity index (χ4n) is 2.90. The number of halogens is 4. The molecule has 0 aliphatic heterocycles. The van der Waals surface area contributed by atoms with E-state index in [1.807, 2.05) is 6.92 Å². The molecule has 0 radical (unpaired) electrons. The molecule has 2 rings (SSSR count). The third-order valence-electron chi connectivity index (χ3n) is 4.74. The van der Waals surface area contributed by atoms with E-state index in [1.165, 1.54) is 18.2 Å². The van der Waals surface area contributed by atoms with Gasteiger partial charge in [-0.15, -0.1) is 0 Å². The molecule has 0 bridgehead atoms. The molecule has 0 unspecified atom stereocenters. The maximum Gasteiger partial charge on any atom is 0.416 e. The van der Waals surface area contributed by atoms with Gasteiger partial charge in [-0.3, -0.25) is 4.79 Å². The molecule has 0 spiro atoms. The van der Waals surface area contributed by atoms with Crippen LogP contribution in [-0.2, 0) is 11.0 Å². The fourth-order valence-corrected chi connectivity index (χ4v) is 3.15. The third-order valence-corrected chi connectivity index (χ3v) is 5.07. The summed E-state index contributed by atoms with van der Waals surface area (Å²) < 4.78 is 43.9. The van der Waals surface area contributed by atoms with E-state index in [4.69, 9.17) is 16.3 Å². The molecule has 0 aliphatic rings. The molecule has 0 atom stereocenters. The number of alkyl halides is 3. The van der Waals surface area contributed by atoms with Crippen LogP contribution in [0.5, 0.6) is 5.75 Å². The molecule has 31 heavy (non-hydrogen) atoms. The summed E-state index contributed by atoms with van der Waals surface area (Å²) in [6, 6.07) is 8.31. The summed E-state index contributed by atoms with van der Waals surface area (Å²) in [6.45, 7) is 9.44. The number of rotatable bonds is 9. The van der Waals surface area contributed by atoms with E-state index in [-0.39, 0.29) is 5.02 Å². The number of carbonyl (C=O) groups excluding carboxylic acids is 1. The molecule has 2 aromatic carbocycles. The molecule has 0 aliphatic carbocycles. The Morgan fingerprint density at radius 1 is 1.16 bits per heavy atom. The van der Waals surface area contributed by atoms with Gasteiger partial charge in [0.15, 0.2) is 0 Å². The standard InChI is InChI=1S/C23H26ClF3N2O2/c1-4-29(5-2)12-13-31-21-10-9-19(14-16(21)3)28-22(30)11-7-17-6-8-18(15-20(17)24)23(25,26)27/h6-11,14-15H,4-5,12-13H2,1-3H3,(H,28,30). The number of amides is 1. The van der Waals surface area contributed by atoms with Gasteiger partial charge in [0.05, 0.1) is 5.56 Å². The summed E-state index contributed by atoms with van der Waals surface area (Å²) in [6.07, 6.45) is -1.88. The van der Waals surface area contributed by atoms with E-state index in [0.29, 0.717) is 17.9 Å². The summed E-state index contributed by atoms with van der Waals surface area (Å²) >= 11 is 5.90. The molecule has 1 N–H and O–H groups in total. The van der Waals surface area contributed by atoms with Crippen LogP contribution in [0.2, 0.25) is 5.02 Å². The zero-order valence-electron chi connectivity index (χ0n) is 17.7. The smallest absolute Gasteiger partial charge is 0.416 e. The molecule has 0 fully saturated rings. The van der Waals surface area contributed by atoms with Gasteiger partial charge in [-0.05, 0) is 67.5 Å². The quantitative estimate of drug-likeness (QED) is 0.470. The van der Waals surface area contributed by atoms with Crippen molar-refractivity contribution >= 4 is 29.3 Å². The fraction of sp³-hybridized carbons (Fsp3) is 0.348. The van der Waals surface area contributed by atoms with Crippen molar-refractivity contribution in [1.29, 1.82) is 0 Å². The Morgan fingerprint density at radius 3 is 2.45 bits per heavy atom. The van der Waals surface area contributed by atoms with Gasteiger partial charge in [-0.1, -0.05) is 31.5 Å². The number of hydrogen-bond acceptors (Lipinski definition) is 3. The first kappa shape index (κ1) is 24.8. The number of likely N-dealkylation sites (N-methyl/N-ethyl adjacent to an activating group) is 1. The summed E-state index contributed by atoms with van der Waals surface area (Å²) in [7, 11) is 0. The minimum atomic E-state index is -4.47. The number of nitrogens with zero attached hydrogens (tertiary/aromatic N) is 1. The van der Waals surface area contributed by atoms with Crippen molar-refractivity contribution in [3.05, 3.63) is 64.2 Å². The monoisotopic (exact) mass is 454 g/mol. The molecule has 0 heterocycles.